The molecule has 0 aliphatic carbocycles. The number of benzene rings is 1. The summed E-state index contributed by atoms with van der Waals surface area (Å²) in [6.45, 7) is 0.950. The summed E-state index contributed by atoms with van der Waals surface area (Å²) < 4.78 is 76.2. The number of hydrogen-bond donors (Lipinski definition) is 1. The largest absolute Gasteiger partial charge is 0.479 e. The van der Waals surface area contributed by atoms with E-state index in [4.69, 9.17) is 10.5 Å². The number of pyridine rings is 1. The molecule has 2 atom stereocenters. The van der Waals surface area contributed by atoms with E-state index in [0.717, 1.165) is 22.6 Å². The Morgan fingerprint density at radius 1 is 1.20 bits per heavy atom. The molecule has 1 unspecified atom stereocenters. The smallest absolute Gasteiger partial charge is 0.255 e. The Bertz CT molecular complexity index is 1650. The van der Waals surface area contributed by atoms with E-state index in [1.165, 1.54) is 44.2 Å². The number of sulfonamides is 1. The minimum absolute atomic E-state index is 0.0114. The van der Waals surface area contributed by atoms with Crippen LogP contribution in [0.1, 0.15) is 27.3 Å². The molecule has 0 bridgehead atoms. The molecule has 2 aliphatic heterocycles. The van der Waals surface area contributed by atoms with Gasteiger partial charge in [0.1, 0.15) is 28.1 Å². The molecule has 2 N–H and O–H groups in total. The third-order valence-corrected chi connectivity index (χ3v) is 9.26. The van der Waals surface area contributed by atoms with E-state index in [9.17, 15) is 22.0 Å². The fraction of sp³-hybridized carbons (Fsp3) is 0.320. The van der Waals surface area contributed by atoms with Crippen LogP contribution in [0, 0.1) is 24.4 Å². The lowest BCUT2D eigenvalue weighted by molar-refractivity contribution is 0.0988. The van der Waals surface area contributed by atoms with Gasteiger partial charge in [-0.2, -0.15) is 9.37 Å². The molecule has 1 fully saturated rings. The van der Waals surface area contributed by atoms with Gasteiger partial charge in [0.2, 0.25) is 27.7 Å². The first kappa shape index (κ1) is 27.3. The number of hydrogen-bond acceptors (Lipinski definition) is 10. The fourth-order valence-corrected chi connectivity index (χ4v) is 6.75. The predicted octanol–water partition coefficient (Wildman–Crippen LogP) is 1.71. The summed E-state index contributed by atoms with van der Waals surface area (Å²) in [5.41, 5.74) is 4.48. The van der Waals surface area contributed by atoms with Crippen molar-refractivity contribution in [3.8, 4) is 5.88 Å². The first-order valence-electron chi connectivity index (χ1n) is 12.0. The van der Waals surface area contributed by atoms with Gasteiger partial charge in [-0.3, -0.25) is 9.78 Å². The zero-order chi connectivity index (χ0) is 29.0. The van der Waals surface area contributed by atoms with Crippen LogP contribution in [0.15, 0.2) is 41.5 Å². The molecule has 1 saturated heterocycles. The normalized spacial score (nSPS) is 21.6. The van der Waals surface area contributed by atoms with E-state index in [-0.39, 0.29) is 54.2 Å². The number of methoxy groups -OCH3 is 1. The highest BCUT2D eigenvalue weighted by Crippen LogP contribution is 2.45. The quantitative estimate of drug-likeness (QED) is 0.435. The van der Waals surface area contributed by atoms with Crippen LogP contribution in [-0.2, 0) is 22.0 Å². The van der Waals surface area contributed by atoms with Crippen LogP contribution in [0.4, 0.5) is 19.1 Å². The molecular formula is C25H24F3N7O4S. The Morgan fingerprint density at radius 2 is 1.95 bits per heavy atom. The number of nitrogens with zero attached hydrogens (tertiary/aromatic N) is 6. The molecule has 3 aromatic rings. The molecule has 210 valence electrons. The van der Waals surface area contributed by atoms with Gasteiger partial charge >= 0.3 is 0 Å². The Hall–Kier alpha value is -4.27. The maximum absolute atomic E-state index is 15.6. The van der Waals surface area contributed by atoms with Crippen molar-refractivity contribution in [2.24, 2.45) is 10.7 Å². The summed E-state index contributed by atoms with van der Waals surface area (Å²) in [5, 5.41) is -1.34. The molecule has 0 saturated carbocycles. The predicted molar refractivity (Wildman–Crippen MR) is 138 cm³/mol. The first-order chi connectivity index (χ1) is 18.9. The number of guanidine groups is 1. The number of nitrogens with two attached hydrogens (primary N) is 1. The highest BCUT2D eigenvalue weighted by molar-refractivity contribution is 7.90. The fourth-order valence-electron chi connectivity index (χ4n) is 4.95. The first-order valence-corrected chi connectivity index (χ1v) is 13.5. The zero-order valence-corrected chi connectivity index (χ0v) is 22.4. The number of aromatic nitrogens is 3. The van der Waals surface area contributed by atoms with Gasteiger partial charge in [0, 0.05) is 25.6 Å². The van der Waals surface area contributed by atoms with Gasteiger partial charge in [0.05, 0.1) is 25.5 Å². The second-order valence-electron chi connectivity index (χ2n) is 9.48. The number of ketones is 1. The lowest BCUT2D eigenvalue weighted by Gasteiger charge is -2.38. The van der Waals surface area contributed by atoms with Gasteiger partial charge in [-0.1, -0.05) is 6.07 Å². The van der Waals surface area contributed by atoms with Crippen LogP contribution in [0.2, 0.25) is 0 Å². The van der Waals surface area contributed by atoms with Crippen LogP contribution in [0.25, 0.3) is 0 Å². The standard InChI is InChI=1S/C25H24F3N7O4S/c1-13-21(28)22(39-3)32-24(31-13)35-11-20-25(12-35,33-23(29)34(2)40(20,37)38)16-8-14(4-6-17(16)27)9-19(36)18-7-5-15(26)10-30-18/h4-8,10,20H,9,11-12H2,1-3H3,(H2,29,33)/t20?,25-/m1/s1. The Morgan fingerprint density at radius 3 is 2.62 bits per heavy atom. The number of Topliss-reactive ketones (excluding diaryl/α,β-unsaturated/α-hetero) is 1. The van der Waals surface area contributed by atoms with Crippen molar-refractivity contribution in [2.75, 3.05) is 32.1 Å². The van der Waals surface area contributed by atoms with Crippen molar-refractivity contribution in [3.63, 3.8) is 0 Å². The minimum Gasteiger partial charge on any atom is -0.479 e. The van der Waals surface area contributed by atoms with E-state index in [1.54, 1.807) is 0 Å². The molecule has 0 radical (unpaired) electrons. The number of aryl methyl sites for hydroxylation is 1. The molecule has 1 aromatic carbocycles. The van der Waals surface area contributed by atoms with Crippen molar-refractivity contribution in [1.82, 2.24) is 19.3 Å². The van der Waals surface area contributed by atoms with E-state index >= 15 is 4.39 Å². The van der Waals surface area contributed by atoms with Gasteiger partial charge in [0.15, 0.2) is 5.78 Å². The van der Waals surface area contributed by atoms with Crippen LogP contribution in [0.3, 0.4) is 0 Å². The lowest BCUT2D eigenvalue weighted by atomic mass is 9.86. The average Bonchev–Trinajstić information content (AvgIpc) is 3.32. The van der Waals surface area contributed by atoms with Crippen molar-refractivity contribution in [2.45, 2.75) is 24.1 Å². The number of fused-ring (bicyclic) bond motifs is 1. The van der Waals surface area contributed by atoms with Crippen molar-refractivity contribution >= 4 is 27.7 Å². The SMILES string of the molecule is COc1nc(N2CC3[C@](c4cc(CC(=O)c5ccc(F)cn5)ccc4F)(C2)N=C(N)N(C)S3(=O)=O)nc(C)c1F. The summed E-state index contributed by atoms with van der Waals surface area (Å²) in [6.07, 6.45) is 0.689. The maximum Gasteiger partial charge on any atom is 0.255 e. The van der Waals surface area contributed by atoms with E-state index in [1.807, 2.05) is 0 Å². The molecule has 4 heterocycles. The van der Waals surface area contributed by atoms with Crippen LogP contribution >= 0.6 is 0 Å². The lowest BCUT2D eigenvalue weighted by Crippen LogP contribution is -2.57. The molecule has 5 rings (SSSR count). The molecule has 11 nitrogen and oxygen atoms in total. The van der Waals surface area contributed by atoms with Gasteiger partial charge < -0.3 is 15.4 Å². The van der Waals surface area contributed by atoms with Gasteiger partial charge in [0.25, 0.3) is 5.88 Å². The molecular weight excluding hydrogens is 551 g/mol. The third-order valence-electron chi connectivity index (χ3n) is 7.05. The number of carbonyl (C=O) groups excluding carboxylic acids is 1. The van der Waals surface area contributed by atoms with Crippen LogP contribution < -0.4 is 15.4 Å². The van der Waals surface area contributed by atoms with Crippen LogP contribution in [-0.4, -0.2) is 71.9 Å². The summed E-state index contributed by atoms with van der Waals surface area (Å²) in [6, 6.07) is 6.19. The second-order valence-corrected chi connectivity index (χ2v) is 11.6. The third kappa shape index (κ3) is 4.39. The van der Waals surface area contributed by atoms with Crippen LogP contribution in [0.5, 0.6) is 5.88 Å². The number of halogens is 3. The van der Waals surface area contributed by atoms with Crippen molar-refractivity contribution in [3.05, 3.63) is 76.5 Å². The van der Waals surface area contributed by atoms with Gasteiger partial charge in [-0.05, 0) is 36.8 Å². The van der Waals surface area contributed by atoms with E-state index in [2.05, 4.69) is 19.9 Å². The van der Waals surface area contributed by atoms with E-state index < -0.39 is 44.0 Å². The summed E-state index contributed by atoms with van der Waals surface area (Å²) in [7, 11) is -1.70. The molecule has 15 heteroatoms. The second kappa shape index (κ2) is 9.73. The Kier molecular flexibility index (Phi) is 6.64. The topological polar surface area (TPSA) is 144 Å². The summed E-state index contributed by atoms with van der Waals surface area (Å²) in [4.78, 5) is 30.7. The van der Waals surface area contributed by atoms with Crippen molar-refractivity contribution < 1.29 is 31.1 Å². The molecule has 2 aromatic heterocycles. The number of ether oxygens (including phenoxy) is 1. The number of aliphatic imine (C=N–C) groups is 1. The minimum atomic E-state index is -4.17. The summed E-state index contributed by atoms with van der Waals surface area (Å²) >= 11 is 0. The summed E-state index contributed by atoms with van der Waals surface area (Å²) in [5.74, 6) is -3.34. The molecule has 0 spiro atoms. The van der Waals surface area contributed by atoms with E-state index in [0.29, 0.717) is 5.56 Å². The number of anilines is 1. The highest BCUT2D eigenvalue weighted by Gasteiger charge is 2.60. The number of carbonyl (C=O) groups is 1. The monoisotopic (exact) mass is 575 g/mol. The highest BCUT2D eigenvalue weighted by atomic mass is 32.2. The number of rotatable bonds is 6. The van der Waals surface area contributed by atoms with Gasteiger partial charge in [-0.15, -0.1) is 0 Å². The molecule has 2 aliphatic rings. The van der Waals surface area contributed by atoms with Gasteiger partial charge in [-0.25, -0.2) is 31.5 Å². The Balaban J connectivity index is 1.61. The maximum atomic E-state index is 15.6. The van der Waals surface area contributed by atoms with Crippen molar-refractivity contribution in [1.29, 1.82) is 0 Å². The molecule has 40 heavy (non-hydrogen) atoms. The average molecular weight is 576 g/mol. The zero-order valence-electron chi connectivity index (χ0n) is 21.6. The molecule has 0 amide bonds. The Labute approximate surface area is 227 Å².